The van der Waals surface area contributed by atoms with Crippen molar-refractivity contribution in [1.82, 2.24) is 35.7 Å². The third kappa shape index (κ3) is 3.39. The van der Waals surface area contributed by atoms with Crippen molar-refractivity contribution in [2.45, 2.75) is 49.7 Å². The molecule has 5 heterocycles. The number of β-lactam (4-membered cyclic amide) rings is 1. The Bertz CT molecular complexity index is 979. The van der Waals surface area contributed by atoms with Crippen molar-refractivity contribution < 1.29 is 24.2 Å². The Hall–Kier alpha value is -2.51. The Balaban J connectivity index is 1.28. The monoisotopic (exact) mass is 463 g/mol. The maximum Gasteiger partial charge on any atom is 0.353 e. The number of thioether (sulfide) groups is 1. The van der Waals surface area contributed by atoms with Gasteiger partial charge in [0.15, 0.2) is 0 Å². The lowest BCUT2D eigenvalue weighted by atomic mass is 9.78. The summed E-state index contributed by atoms with van der Waals surface area (Å²) < 4.78 is 7.26. The van der Waals surface area contributed by atoms with E-state index in [-0.39, 0.29) is 46.9 Å². The van der Waals surface area contributed by atoms with Crippen LogP contribution in [0.3, 0.4) is 0 Å². The first-order valence-electron chi connectivity index (χ1n) is 10.6. The summed E-state index contributed by atoms with van der Waals surface area (Å²) in [5.74, 6) is -2.30. The summed E-state index contributed by atoms with van der Waals surface area (Å²) in [6.45, 7) is 5.89. The van der Waals surface area contributed by atoms with Crippen LogP contribution in [0.25, 0.3) is 0 Å². The molecule has 5 rings (SSSR count). The highest BCUT2D eigenvalue weighted by Gasteiger charge is 2.60. The molecular formula is C19H25N7O5S. The molecule has 13 heteroatoms. The number of ether oxygens (including phenoxy) is 1. The minimum atomic E-state index is -1.09. The molecule has 3 saturated heterocycles. The highest BCUT2D eigenvalue weighted by Crippen LogP contribution is 2.52. The predicted octanol–water partition coefficient (Wildman–Crippen LogP) is -1.19. The quantitative estimate of drug-likeness (QED) is 0.421. The van der Waals surface area contributed by atoms with E-state index in [1.165, 1.54) is 27.7 Å². The largest absolute Gasteiger partial charge is 0.477 e. The fraction of sp³-hybridized carbons (Fsp3) is 0.684. The molecular weight excluding hydrogens is 438 g/mol. The second kappa shape index (κ2) is 7.81. The van der Waals surface area contributed by atoms with Crippen molar-refractivity contribution in [2.75, 3.05) is 19.7 Å². The smallest absolute Gasteiger partial charge is 0.353 e. The molecule has 3 N–H and O–H groups in total. The highest BCUT2D eigenvalue weighted by atomic mass is 32.2. The number of aromatic nitrogens is 4. The second-order valence-electron chi connectivity index (χ2n) is 8.94. The predicted molar refractivity (Wildman–Crippen MR) is 111 cm³/mol. The van der Waals surface area contributed by atoms with Crippen molar-refractivity contribution in [2.24, 2.45) is 11.8 Å². The van der Waals surface area contributed by atoms with E-state index in [9.17, 15) is 19.5 Å². The van der Waals surface area contributed by atoms with E-state index in [2.05, 4.69) is 26.2 Å². The first kappa shape index (κ1) is 21.3. The number of carboxylic acids is 1. The van der Waals surface area contributed by atoms with Gasteiger partial charge in [0.25, 0.3) is 0 Å². The number of hydrogen-bond acceptors (Lipinski definition) is 9. The zero-order valence-corrected chi connectivity index (χ0v) is 18.5. The van der Waals surface area contributed by atoms with Crippen LogP contribution in [0.1, 0.15) is 20.3 Å². The van der Waals surface area contributed by atoms with E-state index in [1.807, 2.05) is 6.92 Å². The summed E-state index contributed by atoms with van der Waals surface area (Å²) in [7, 11) is 0. The molecule has 1 aromatic heterocycles. The third-order valence-electron chi connectivity index (χ3n) is 6.78. The number of rotatable bonds is 7. The third-order valence-corrected chi connectivity index (χ3v) is 8.23. The van der Waals surface area contributed by atoms with Crippen LogP contribution >= 0.6 is 11.8 Å². The van der Waals surface area contributed by atoms with E-state index >= 15 is 0 Å². The van der Waals surface area contributed by atoms with Gasteiger partial charge in [-0.2, -0.15) is 0 Å². The van der Waals surface area contributed by atoms with Crippen LogP contribution in [0.15, 0.2) is 16.9 Å². The SMILES string of the molecule is CC(NC(=O)Cn1cnnn1)[C@H]1C(=O)N2C(C(=O)O)=C(SC3COC4(CNC4)C3)[C@H](C)[C@H]12. The molecule has 3 fully saturated rings. The van der Waals surface area contributed by atoms with Gasteiger partial charge in [0.1, 0.15) is 18.6 Å². The normalized spacial score (nSPS) is 31.3. The summed E-state index contributed by atoms with van der Waals surface area (Å²) in [4.78, 5) is 39.5. The summed E-state index contributed by atoms with van der Waals surface area (Å²) in [6.07, 6.45) is 2.20. The van der Waals surface area contributed by atoms with Crippen LogP contribution in [0, 0.1) is 11.8 Å². The molecule has 2 unspecified atom stereocenters. The number of nitrogens with one attached hydrogen (secondary N) is 2. The molecule has 0 aromatic carbocycles. The van der Waals surface area contributed by atoms with E-state index in [4.69, 9.17) is 4.74 Å². The average molecular weight is 464 g/mol. The average Bonchev–Trinajstić information content (AvgIpc) is 3.41. The number of carbonyl (C=O) groups excluding carboxylic acids is 2. The molecule has 12 nitrogen and oxygen atoms in total. The molecule has 2 amide bonds. The Morgan fingerprint density at radius 3 is 2.84 bits per heavy atom. The first-order chi connectivity index (χ1) is 15.3. The Labute approximate surface area is 188 Å². The molecule has 4 aliphatic rings. The van der Waals surface area contributed by atoms with Gasteiger partial charge in [-0.3, -0.25) is 9.59 Å². The standard InChI is InChI=1S/C19H25N7O5S/c1-9-14-13(10(2)22-12(27)4-25-8-21-23-24-25)17(28)26(14)15(18(29)30)16(9)32-11-3-19(31-5-11)6-20-7-19/h8-11,13-14,20H,3-7H2,1-2H3,(H,22,27)(H,29,30)/t9-,10?,11?,13-,14-/m1/s1. The molecule has 1 spiro atoms. The maximum atomic E-state index is 13.0. The fourth-order valence-electron chi connectivity index (χ4n) is 5.19. The molecule has 0 bridgehead atoms. The number of hydrogen-bond donors (Lipinski definition) is 3. The summed E-state index contributed by atoms with van der Waals surface area (Å²) in [6, 6.07) is -0.741. The van der Waals surface area contributed by atoms with Crippen molar-refractivity contribution >= 4 is 29.5 Å². The van der Waals surface area contributed by atoms with E-state index in [0.29, 0.717) is 6.61 Å². The Kier molecular flexibility index (Phi) is 5.21. The lowest BCUT2D eigenvalue weighted by Crippen LogP contribution is -2.66. The highest BCUT2D eigenvalue weighted by molar-refractivity contribution is 8.03. The lowest BCUT2D eigenvalue weighted by Gasteiger charge is -2.47. The van der Waals surface area contributed by atoms with Crippen LogP contribution in [-0.2, 0) is 25.7 Å². The summed E-state index contributed by atoms with van der Waals surface area (Å²) in [5.41, 5.74) is -0.0481. The number of fused-ring (bicyclic) bond motifs is 1. The van der Waals surface area contributed by atoms with Crippen LogP contribution in [0.5, 0.6) is 0 Å². The van der Waals surface area contributed by atoms with Gasteiger partial charge in [0.05, 0.1) is 24.2 Å². The number of nitrogens with zero attached hydrogens (tertiary/aromatic N) is 5. The molecule has 5 atom stereocenters. The van der Waals surface area contributed by atoms with Crippen molar-refractivity contribution in [3.63, 3.8) is 0 Å². The number of carboxylic acid groups (broad SMARTS) is 1. The molecule has 172 valence electrons. The summed E-state index contributed by atoms with van der Waals surface area (Å²) >= 11 is 1.53. The number of carbonyl (C=O) groups is 3. The zero-order valence-electron chi connectivity index (χ0n) is 17.7. The molecule has 1 aromatic rings. The van der Waals surface area contributed by atoms with Crippen LogP contribution in [-0.4, -0.2) is 90.6 Å². The van der Waals surface area contributed by atoms with Gasteiger partial charge in [-0.25, -0.2) is 9.48 Å². The summed E-state index contributed by atoms with van der Waals surface area (Å²) in [5, 5.41) is 26.8. The Morgan fingerprint density at radius 1 is 1.47 bits per heavy atom. The van der Waals surface area contributed by atoms with Gasteiger partial charge in [0.2, 0.25) is 11.8 Å². The van der Waals surface area contributed by atoms with Gasteiger partial charge >= 0.3 is 5.97 Å². The first-order valence-corrected chi connectivity index (χ1v) is 11.5. The molecule has 4 aliphatic heterocycles. The van der Waals surface area contributed by atoms with Crippen molar-refractivity contribution in [3.8, 4) is 0 Å². The number of aliphatic carboxylic acids is 1. The molecule has 0 aliphatic carbocycles. The minimum Gasteiger partial charge on any atom is -0.477 e. The molecule has 0 saturated carbocycles. The van der Waals surface area contributed by atoms with Gasteiger partial charge < -0.3 is 25.4 Å². The maximum absolute atomic E-state index is 13.0. The van der Waals surface area contributed by atoms with Crippen LogP contribution in [0.4, 0.5) is 0 Å². The minimum absolute atomic E-state index is 0.0554. The Morgan fingerprint density at radius 2 is 2.25 bits per heavy atom. The van der Waals surface area contributed by atoms with Gasteiger partial charge in [0, 0.05) is 35.2 Å². The fourth-order valence-corrected chi connectivity index (χ4v) is 6.73. The van der Waals surface area contributed by atoms with E-state index < -0.39 is 17.9 Å². The molecule has 0 radical (unpaired) electrons. The van der Waals surface area contributed by atoms with E-state index in [1.54, 1.807) is 6.92 Å². The lowest BCUT2D eigenvalue weighted by molar-refractivity contribution is -0.158. The van der Waals surface area contributed by atoms with Gasteiger partial charge in [-0.1, -0.05) is 6.92 Å². The van der Waals surface area contributed by atoms with Crippen LogP contribution in [0.2, 0.25) is 0 Å². The molecule has 32 heavy (non-hydrogen) atoms. The number of tetrazole rings is 1. The van der Waals surface area contributed by atoms with Crippen molar-refractivity contribution in [1.29, 1.82) is 0 Å². The van der Waals surface area contributed by atoms with Crippen molar-refractivity contribution in [3.05, 3.63) is 16.9 Å². The van der Waals surface area contributed by atoms with E-state index in [0.717, 1.165) is 24.4 Å². The zero-order chi connectivity index (χ0) is 22.6. The van der Waals surface area contributed by atoms with Gasteiger partial charge in [-0.05, 0) is 23.8 Å². The number of amides is 2. The topological polar surface area (TPSA) is 152 Å². The second-order valence-corrected chi connectivity index (χ2v) is 10.3. The van der Waals surface area contributed by atoms with Crippen LogP contribution < -0.4 is 10.6 Å². The van der Waals surface area contributed by atoms with Gasteiger partial charge in [-0.15, -0.1) is 16.9 Å².